The molecule has 0 radical (unpaired) electrons. The van der Waals surface area contributed by atoms with E-state index in [1.807, 2.05) is 36.4 Å². The molecule has 0 saturated carbocycles. The molecule has 4 aromatic rings. The molecular formula is C26H16Cl2FN5O3. The number of nitriles is 1. The van der Waals surface area contributed by atoms with Crippen LogP contribution in [0.1, 0.15) is 11.1 Å². The molecule has 37 heavy (non-hydrogen) atoms. The van der Waals surface area contributed by atoms with Crippen molar-refractivity contribution in [2.45, 2.75) is 6.54 Å². The van der Waals surface area contributed by atoms with Crippen LogP contribution in [-0.2, 0) is 11.3 Å². The van der Waals surface area contributed by atoms with E-state index >= 15 is 0 Å². The van der Waals surface area contributed by atoms with Gasteiger partial charge in [-0.15, -0.1) is 0 Å². The third-order valence-electron chi connectivity index (χ3n) is 5.26. The largest absolute Gasteiger partial charge is 0.320 e. The lowest BCUT2D eigenvalue weighted by atomic mass is 10.1. The summed E-state index contributed by atoms with van der Waals surface area (Å²) in [7, 11) is 0. The maximum Gasteiger partial charge on any atom is 0.271 e. The number of rotatable bonds is 7. The number of amides is 1. The highest BCUT2D eigenvalue weighted by atomic mass is 35.5. The summed E-state index contributed by atoms with van der Waals surface area (Å²) < 4.78 is 15.0. The van der Waals surface area contributed by atoms with Crippen LogP contribution < -0.4 is 5.32 Å². The first-order chi connectivity index (χ1) is 17.7. The van der Waals surface area contributed by atoms with Crippen molar-refractivity contribution in [3.8, 4) is 17.3 Å². The van der Waals surface area contributed by atoms with Crippen molar-refractivity contribution < 1.29 is 14.1 Å². The zero-order valence-electron chi connectivity index (χ0n) is 18.9. The molecule has 0 fully saturated rings. The van der Waals surface area contributed by atoms with Crippen molar-refractivity contribution in [1.29, 1.82) is 5.26 Å². The molecule has 184 valence electrons. The molecule has 1 N–H and O–H groups in total. The Morgan fingerprint density at radius 1 is 1.14 bits per heavy atom. The molecule has 4 rings (SSSR count). The molecular weight excluding hydrogens is 520 g/mol. The second-order valence-corrected chi connectivity index (χ2v) is 8.59. The average molecular weight is 536 g/mol. The van der Waals surface area contributed by atoms with Gasteiger partial charge in [0.05, 0.1) is 27.9 Å². The van der Waals surface area contributed by atoms with Gasteiger partial charge in [0.1, 0.15) is 17.5 Å². The summed E-state index contributed by atoms with van der Waals surface area (Å²) in [5.74, 6) is -1.27. The number of carbonyl (C=O) groups is 1. The molecule has 1 amide bonds. The van der Waals surface area contributed by atoms with E-state index < -0.39 is 16.6 Å². The second-order valence-electron chi connectivity index (χ2n) is 7.78. The van der Waals surface area contributed by atoms with Crippen molar-refractivity contribution in [2.24, 2.45) is 0 Å². The number of nitro groups is 1. The molecule has 1 aromatic heterocycles. The van der Waals surface area contributed by atoms with E-state index in [-0.39, 0.29) is 33.5 Å². The van der Waals surface area contributed by atoms with E-state index in [1.54, 1.807) is 16.9 Å². The first kappa shape index (κ1) is 25.6. The first-order valence-corrected chi connectivity index (χ1v) is 11.4. The van der Waals surface area contributed by atoms with Gasteiger partial charge in [-0.2, -0.15) is 10.4 Å². The third kappa shape index (κ3) is 6.01. The van der Waals surface area contributed by atoms with Gasteiger partial charge < -0.3 is 5.32 Å². The minimum atomic E-state index is -0.807. The van der Waals surface area contributed by atoms with Crippen LogP contribution in [0, 0.1) is 27.3 Å². The Labute approximate surface area is 220 Å². The molecule has 0 saturated heterocycles. The zero-order chi connectivity index (χ0) is 26.5. The lowest BCUT2D eigenvalue weighted by molar-refractivity contribution is -0.384. The Balaban J connectivity index is 1.71. The van der Waals surface area contributed by atoms with Gasteiger partial charge in [0.25, 0.3) is 11.6 Å². The molecule has 1 heterocycles. The van der Waals surface area contributed by atoms with Crippen molar-refractivity contribution in [1.82, 2.24) is 9.78 Å². The maximum absolute atomic E-state index is 13.5. The number of anilines is 1. The fourth-order valence-electron chi connectivity index (χ4n) is 3.48. The summed E-state index contributed by atoms with van der Waals surface area (Å²) >= 11 is 12.2. The number of hydrogen-bond acceptors (Lipinski definition) is 5. The van der Waals surface area contributed by atoms with Gasteiger partial charge >= 0.3 is 0 Å². The SMILES string of the molecule is N#C/C(=C\c1cn(Cc2ccc(F)cc2Cl)nc1-c1ccccc1)C(=O)Nc1cc([N+](=O)[O-])ccc1Cl. The highest BCUT2D eigenvalue weighted by Crippen LogP contribution is 2.29. The van der Waals surface area contributed by atoms with E-state index in [4.69, 9.17) is 23.2 Å². The quantitative estimate of drug-likeness (QED) is 0.125. The van der Waals surface area contributed by atoms with Gasteiger partial charge in [0, 0.05) is 34.5 Å². The van der Waals surface area contributed by atoms with E-state index in [2.05, 4.69) is 10.4 Å². The Kier molecular flexibility index (Phi) is 7.63. The lowest BCUT2D eigenvalue weighted by Crippen LogP contribution is -2.14. The number of nitrogens with zero attached hydrogens (tertiary/aromatic N) is 4. The Morgan fingerprint density at radius 3 is 2.57 bits per heavy atom. The molecule has 0 aliphatic rings. The number of non-ortho nitro benzene ring substituents is 1. The number of hydrogen-bond donors (Lipinski definition) is 1. The number of halogens is 3. The molecule has 11 heteroatoms. The lowest BCUT2D eigenvalue weighted by Gasteiger charge is -2.06. The van der Waals surface area contributed by atoms with Crippen LogP contribution in [0.3, 0.4) is 0 Å². The molecule has 0 spiro atoms. The van der Waals surface area contributed by atoms with Crippen molar-refractivity contribution in [2.75, 3.05) is 5.32 Å². The van der Waals surface area contributed by atoms with Gasteiger partial charge in [0.2, 0.25) is 0 Å². The van der Waals surface area contributed by atoms with Crippen LogP contribution in [0.2, 0.25) is 10.0 Å². The van der Waals surface area contributed by atoms with Crippen molar-refractivity contribution >= 4 is 46.6 Å². The summed E-state index contributed by atoms with van der Waals surface area (Å²) in [6.07, 6.45) is 2.99. The summed E-state index contributed by atoms with van der Waals surface area (Å²) in [5.41, 5.74) is 1.76. The summed E-state index contributed by atoms with van der Waals surface area (Å²) in [6.45, 7) is 0.212. The highest BCUT2D eigenvalue weighted by molar-refractivity contribution is 6.34. The van der Waals surface area contributed by atoms with Gasteiger partial charge in [-0.1, -0.05) is 59.6 Å². The monoisotopic (exact) mass is 535 g/mol. The molecule has 0 unspecified atom stereocenters. The molecule has 8 nitrogen and oxygen atoms in total. The van der Waals surface area contributed by atoms with Gasteiger partial charge in [-0.05, 0) is 29.8 Å². The zero-order valence-corrected chi connectivity index (χ0v) is 20.4. The number of aromatic nitrogens is 2. The average Bonchev–Trinajstić information content (AvgIpc) is 3.28. The number of benzene rings is 3. The van der Waals surface area contributed by atoms with Crippen LogP contribution >= 0.6 is 23.2 Å². The minimum Gasteiger partial charge on any atom is -0.320 e. The molecule has 0 atom stereocenters. The Morgan fingerprint density at radius 2 is 1.89 bits per heavy atom. The highest BCUT2D eigenvalue weighted by Gasteiger charge is 2.18. The van der Waals surface area contributed by atoms with Crippen LogP contribution in [0.4, 0.5) is 15.8 Å². The third-order valence-corrected chi connectivity index (χ3v) is 5.94. The van der Waals surface area contributed by atoms with E-state index in [1.165, 1.54) is 30.3 Å². The van der Waals surface area contributed by atoms with Gasteiger partial charge in [0.15, 0.2) is 0 Å². The van der Waals surface area contributed by atoms with Crippen LogP contribution in [0.5, 0.6) is 0 Å². The minimum absolute atomic E-state index is 0.00746. The maximum atomic E-state index is 13.5. The van der Waals surface area contributed by atoms with E-state index in [0.717, 1.165) is 11.6 Å². The summed E-state index contributed by atoms with van der Waals surface area (Å²) in [5, 5.41) is 28.1. The normalized spacial score (nSPS) is 11.1. The Hall–Kier alpha value is -4.52. The number of nitro benzene ring substituents is 1. The first-order valence-electron chi connectivity index (χ1n) is 10.7. The molecule has 0 aliphatic carbocycles. The predicted molar refractivity (Wildman–Crippen MR) is 139 cm³/mol. The van der Waals surface area contributed by atoms with Gasteiger partial charge in [-0.3, -0.25) is 19.6 Å². The van der Waals surface area contributed by atoms with Crippen LogP contribution in [0.15, 0.2) is 78.5 Å². The fourth-order valence-corrected chi connectivity index (χ4v) is 3.88. The number of nitrogens with one attached hydrogen (secondary N) is 1. The smallest absolute Gasteiger partial charge is 0.271 e. The summed E-state index contributed by atoms with van der Waals surface area (Å²) in [6, 6.07) is 18.6. The van der Waals surface area contributed by atoms with Gasteiger partial charge in [-0.25, -0.2) is 4.39 Å². The summed E-state index contributed by atoms with van der Waals surface area (Å²) in [4.78, 5) is 23.3. The molecule has 3 aromatic carbocycles. The van der Waals surface area contributed by atoms with E-state index in [0.29, 0.717) is 16.8 Å². The second kappa shape index (κ2) is 11.0. The van der Waals surface area contributed by atoms with Crippen LogP contribution in [0.25, 0.3) is 17.3 Å². The molecule has 0 aliphatic heterocycles. The Bertz CT molecular complexity index is 1580. The fraction of sp³-hybridized carbons (Fsp3) is 0.0385. The standard InChI is InChI=1S/C26H16Cl2FN5O3/c27-22-9-8-21(34(36)37)12-24(22)31-26(35)18(13-30)10-19-15-33(14-17-6-7-20(29)11-23(17)28)32-25(19)16-4-2-1-3-5-16/h1-12,15H,14H2,(H,31,35)/b18-10+. The van der Waals surface area contributed by atoms with Crippen molar-refractivity contribution in [3.63, 3.8) is 0 Å². The topological polar surface area (TPSA) is 114 Å². The van der Waals surface area contributed by atoms with E-state index in [9.17, 15) is 24.6 Å². The van der Waals surface area contributed by atoms with Crippen molar-refractivity contribution in [3.05, 3.63) is 116 Å². The number of carbonyl (C=O) groups excluding carboxylic acids is 1. The molecule has 0 bridgehead atoms. The predicted octanol–water partition coefficient (Wildman–Crippen LogP) is 6.50. The van der Waals surface area contributed by atoms with Crippen LogP contribution in [-0.4, -0.2) is 20.6 Å².